The maximum Gasteiger partial charge on any atom is 0.339 e. The molecule has 2 aliphatic rings. The van der Waals surface area contributed by atoms with Gasteiger partial charge in [0.05, 0.1) is 32.4 Å². The van der Waals surface area contributed by atoms with Crippen LogP contribution in [0.1, 0.15) is 37.1 Å². The zero-order chi connectivity index (χ0) is 31.3. The maximum atomic E-state index is 15.5. The Kier molecular flexibility index (Phi) is 9.43. The third-order valence-electron chi connectivity index (χ3n) is 7.74. The molecule has 228 valence electrons. The number of ether oxygens (including phenoxy) is 2. The second-order valence-electron chi connectivity index (χ2n) is 10.7. The number of guanidine groups is 1. The second-order valence-corrected chi connectivity index (χ2v) is 10.7. The number of aliphatic imine (C=N–C) groups is 2. The van der Waals surface area contributed by atoms with Gasteiger partial charge in [0.2, 0.25) is 0 Å². The Morgan fingerprint density at radius 3 is 2.59 bits per heavy atom. The predicted octanol–water partition coefficient (Wildman–Crippen LogP) is 5.68. The fourth-order valence-electron chi connectivity index (χ4n) is 5.50. The van der Waals surface area contributed by atoms with E-state index in [0.29, 0.717) is 58.2 Å². The lowest BCUT2D eigenvalue weighted by Crippen LogP contribution is -2.48. The molecule has 0 spiro atoms. The summed E-state index contributed by atoms with van der Waals surface area (Å²) in [7, 11) is 3.48. The molecule has 0 fully saturated rings. The summed E-state index contributed by atoms with van der Waals surface area (Å²) in [5.74, 6) is -0.280. The number of nitrogens with zero attached hydrogens (tertiary/aromatic N) is 5. The predicted molar refractivity (Wildman–Crippen MR) is 168 cm³/mol. The molecule has 0 N–H and O–H groups in total. The van der Waals surface area contributed by atoms with Gasteiger partial charge in [0.1, 0.15) is 17.3 Å². The summed E-state index contributed by atoms with van der Waals surface area (Å²) in [6.45, 7) is 4.60. The first-order valence-electron chi connectivity index (χ1n) is 14.6. The molecule has 2 aliphatic heterocycles. The third-order valence-corrected chi connectivity index (χ3v) is 7.74. The molecule has 0 saturated carbocycles. The van der Waals surface area contributed by atoms with Crippen LogP contribution in [0.25, 0.3) is 5.70 Å². The number of methoxy groups -OCH3 is 1. The standard InChI is InChI=1S/C34H36FN5O4/c1-5-44-32(41)21-30-31(22-39(3)18-16-26-13-8-9-17-36-26)40(42)33(25-12-10-14-27(19-25)43-4)23(2)29(37-34(40)38-30)20-24-11-6-7-15-28(24)35/h6-15,17,19H,5,16,18,20-22H2,1-4H3. The lowest BCUT2D eigenvalue weighted by atomic mass is 9.95. The summed E-state index contributed by atoms with van der Waals surface area (Å²) in [5.41, 5.74) is 4.24. The number of rotatable bonds is 12. The molecule has 1 aromatic heterocycles. The van der Waals surface area contributed by atoms with E-state index < -0.39 is 10.6 Å². The first-order chi connectivity index (χ1) is 21.2. The molecular formula is C34H36FN5O4. The Morgan fingerprint density at radius 2 is 1.86 bits per heavy atom. The zero-order valence-corrected chi connectivity index (χ0v) is 25.4. The van der Waals surface area contributed by atoms with Gasteiger partial charge in [-0.05, 0) is 62.9 Å². The smallest absolute Gasteiger partial charge is 0.339 e. The first-order valence-corrected chi connectivity index (χ1v) is 14.6. The van der Waals surface area contributed by atoms with Crippen molar-refractivity contribution in [3.63, 3.8) is 0 Å². The van der Waals surface area contributed by atoms with E-state index in [9.17, 15) is 9.18 Å². The minimum Gasteiger partial charge on any atom is -0.614 e. The lowest BCUT2D eigenvalue weighted by molar-refractivity contribution is -0.666. The van der Waals surface area contributed by atoms with Crippen LogP contribution in [0.3, 0.4) is 0 Å². The highest BCUT2D eigenvalue weighted by Gasteiger charge is 2.48. The number of hydrogen-bond donors (Lipinski definition) is 0. The van der Waals surface area contributed by atoms with Crippen LogP contribution in [0.5, 0.6) is 5.75 Å². The van der Waals surface area contributed by atoms with Crippen LogP contribution in [-0.2, 0) is 22.4 Å². The van der Waals surface area contributed by atoms with Gasteiger partial charge >= 0.3 is 11.9 Å². The zero-order valence-electron chi connectivity index (χ0n) is 25.4. The summed E-state index contributed by atoms with van der Waals surface area (Å²) >= 11 is 0. The van der Waals surface area contributed by atoms with Gasteiger partial charge in [-0.15, -0.1) is 0 Å². The molecule has 3 aromatic rings. The van der Waals surface area contributed by atoms with Gasteiger partial charge in [-0.2, -0.15) is 9.98 Å². The van der Waals surface area contributed by atoms with E-state index in [1.807, 2.05) is 49.2 Å². The molecule has 9 nitrogen and oxygen atoms in total. The normalized spacial score (nSPS) is 17.9. The Balaban J connectivity index is 1.61. The van der Waals surface area contributed by atoms with Crippen molar-refractivity contribution in [1.82, 2.24) is 9.88 Å². The topological polar surface area (TPSA) is 99.4 Å². The quantitative estimate of drug-likeness (QED) is 0.151. The van der Waals surface area contributed by atoms with E-state index in [4.69, 9.17) is 19.5 Å². The van der Waals surface area contributed by atoms with Gasteiger partial charge in [0, 0.05) is 42.4 Å². The van der Waals surface area contributed by atoms with Crippen molar-refractivity contribution in [1.29, 1.82) is 0 Å². The fourth-order valence-corrected chi connectivity index (χ4v) is 5.50. The van der Waals surface area contributed by atoms with Crippen LogP contribution in [0.15, 0.2) is 99.9 Å². The highest BCUT2D eigenvalue weighted by molar-refractivity contribution is 6.14. The summed E-state index contributed by atoms with van der Waals surface area (Å²) in [6, 6.07) is 19.5. The van der Waals surface area contributed by atoms with Gasteiger partial charge in [-0.1, -0.05) is 30.3 Å². The van der Waals surface area contributed by atoms with Gasteiger partial charge in [0.15, 0.2) is 11.4 Å². The van der Waals surface area contributed by atoms with Crippen LogP contribution in [0.4, 0.5) is 4.39 Å². The molecule has 2 aromatic carbocycles. The molecule has 1 unspecified atom stereocenters. The van der Waals surface area contributed by atoms with Crippen LogP contribution in [0.2, 0.25) is 0 Å². The second kappa shape index (κ2) is 13.4. The van der Waals surface area contributed by atoms with E-state index in [2.05, 4.69) is 4.98 Å². The van der Waals surface area contributed by atoms with Crippen LogP contribution in [0, 0.1) is 11.0 Å². The molecule has 0 bridgehead atoms. The summed E-state index contributed by atoms with van der Waals surface area (Å²) in [5, 5.41) is 15.5. The van der Waals surface area contributed by atoms with E-state index in [0.717, 1.165) is 5.69 Å². The summed E-state index contributed by atoms with van der Waals surface area (Å²) in [6.07, 6.45) is 2.42. The Bertz CT molecular complexity index is 1670. The maximum absolute atomic E-state index is 15.5. The summed E-state index contributed by atoms with van der Waals surface area (Å²) < 4.78 is 24.4. The Morgan fingerprint density at radius 1 is 1.07 bits per heavy atom. The van der Waals surface area contributed by atoms with Gasteiger partial charge in [-0.3, -0.25) is 14.7 Å². The molecule has 0 radical (unpaired) electrons. The highest BCUT2D eigenvalue weighted by atomic mass is 19.1. The van der Waals surface area contributed by atoms with Crippen LogP contribution in [-0.4, -0.2) is 66.0 Å². The van der Waals surface area contributed by atoms with E-state index in [1.54, 1.807) is 50.6 Å². The number of allylic oxidation sites excluding steroid dienone is 1. The van der Waals surface area contributed by atoms with Crippen molar-refractivity contribution in [2.24, 2.45) is 9.98 Å². The van der Waals surface area contributed by atoms with Crippen LogP contribution < -0.4 is 4.74 Å². The number of likely N-dealkylation sites (N-methyl/N-ethyl adjacent to an activating group) is 1. The number of aromatic nitrogens is 1. The number of pyridine rings is 1. The number of esters is 1. The van der Waals surface area contributed by atoms with Gasteiger partial charge in [0.25, 0.3) is 0 Å². The number of benzene rings is 2. The van der Waals surface area contributed by atoms with Crippen molar-refractivity contribution >= 4 is 23.3 Å². The molecule has 0 amide bonds. The minimum atomic E-state index is -1.07. The van der Waals surface area contributed by atoms with Crippen LogP contribution >= 0.6 is 0 Å². The van der Waals surface area contributed by atoms with Gasteiger partial charge in [-0.25, -0.2) is 9.04 Å². The molecule has 0 saturated heterocycles. The number of quaternary nitrogens is 1. The van der Waals surface area contributed by atoms with Gasteiger partial charge < -0.3 is 14.7 Å². The fraction of sp³-hybridized carbons (Fsp3) is 0.294. The van der Waals surface area contributed by atoms with Crippen molar-refractivity contribution in [2.45, 2.75) is 33.1 Å². The molecular weight excluding hydrogens is 561 g/mol. The van der Waals surface area contributed by atoms with Crippen molar-refractivity contribution in [3.8, 4) is 5.75 Å². The van der Waals surface area contributed by atoms with E-state index in [1.165, 1.54) is 6.07 Å². The average molecular weight is 598 g/mol. The molecule has 5 rings (SSSR count). The minimum absolute atomic E-state index is 0.0211. The van der Waals surface area contributed by atoms with Crippen molar-refractivity contribution in [3.05, 3.63) is 118 Å². The molecule has 3 heterocycles. The number of hydrogen-bond acceptors (Lipinski definition) is 8. The van der Waals surface area contributed by atoms with Crippen molar-refractivity contribution < 1.29 is 23.3 Å². The molecule has 44 heavy (non-hydrogen) atoms. The molecule has 10 heteroatoms. The SMILES string of the molecule is CCOC(=O)CC1=C(CN(C)CCc2ccccn2)[N+]2([O-])C(=N1)N=C(Cc1ccccc1F)C(C)=C2c1cccc(OC)c1. The average Bonchev–Trinajstić information content (AvgIpc) is 3.27. The number of carbonyl (C=O) groups is 1. The number of halogens is 1. The highest BCUT2D eigenvalue weighted by Crippen LogP contribution is 2.45. The summed E-state index contributed by atoms with van der Waals surface area (Å²) in [4.78, 5) is 28.6. The molecule has 1 atom stereocenters. The largest absolute Gasteiger partial charge is 0.614 e. The monoisotopic (exact) mass is 597 g/mol. The van der Waals surface area contributed by atoms with E-state index in [-0.39, 0.29) is 37.8 Å². The number of fused-ring (bicyclic) bond motifs is 1. The number of carbonyl (C=O) groups excluding carboxylic acids is 1. The third kappa shape index (κ3) is 6.37. The Hall–Kier alpha value is -4.51. The first kappa shape index (κ1) is 30.9. The van der Waals surface area contributed by atoms with E-state index >= 15 is 5.21 Å². The molecule has 0 aliphatic carbocycles. The van der Waals surface area contributed by atoms with Crippen molar-refractivity contribution in [2.75, 3.05) is 33.9 Å². The number of hydroxylamine groups is 3. The Labute approximate surface area is 256 Å². The lowest BCUT2D eigenvalue weighted by Gasteiger charge is -2.44.